The summed E-state index contributed by atoms with van der Waals surface area (Å²) < 4.78 is 6.96. The van der Waals surface area contributed by atoms with Crippen molar-refractivity contribution in [2.24, 2.45) is 5.92 Å². The maximum Gasteiger partial charge on any atom is 0.251 e. The first-order valence-corrected chi connectivity index (χ1v) is 9.18. The molecule has 2 N–H and O–H groups in total. The molecule has 7 nitrogen and oxygen atoms in total. The van der Waals surface area contributed by atoms with Crippen LogP contribution in [0, 0.1) is 5.92 Å². The molecule has 7 heteroatoms. The van der Waals surface area contributed by atoms with Gasteiger partial charge >= 0.3 is 0 Å². The molecule has 0 atom stereocenters. The molecule has 0 saturated carbocycles. The summed E-state index contributed by atoms with van der Waals surface area (Å²) in [6.07, 6.45) is 4.88. The first kappa shape index (κ1) is 19.1. The molecule has 1 saturated heterocycles. The highest BCUT2D eigenvalue weighted by Crippen LogP contribution is 2.18. The van der Waals surface area contributed by atoms with Crippen LogP contribution >= 0.6 is 0 Å². The molecule has 27 heavy (non-hydrogen) atoms. The number of benzene rings is 1. The van der Waals surface area contributed by atoms with Crippen LogP contribution in [0.4, 0.5) is 5.69 Å². The summed E-state index contributed by atoms with van der Waals surface area (Å²) in [5.41, 5.74) is 1.78. The molecule has 0 spiro atoms. The van der Waals surface area contributed by atoms with E-state index in [0.29, 0.717) is 24.5 Å². The monoisotopic (exact) mass is 370 g/mol. The van der Waals surface area contributed by atoms with Gasteiger partial charge in [0.1, 0.15) is 0 Å². The minimum absolute atomic E-state index is 0.00653. The average Bonchev–Trinajstić information content (AvgIpc) is 3.09. The van der Waals surface area contributed by atoms with E-state index in [1.165, 1.54) is 0 Å². The molecule has 1 aliphatic heterocycles. The smallest absolute Gasteiger partial charge is 0.251 e. The second-order valence-electron chi connectivity index (χ2n) is 7.80. The Bertz CT molecular complexity index is 799. The van der Waals surface area contributed by atoms with Gasteiger partial charge in [-0.3, -0.25) is 9.59 Å². The van der Waals surface area contributed by atoms with Crippen LogP contribution in [-0.2, 0) is 9.53 Å². The Balaban J connectivity index is 1.64. The molecule has 0 aliphatic carbocycles. The van der Waals surface area contributed by atoms with E-state index in [4.69, 9.17) is 4.74 Å². The van der Waals surface area contributed by atoms with E-state index in [9.17, 15) is 9.59 Å². The molecular weight excluding hydrogens is 344 g/mol. The molecule has 2 heterocycles. The summed E-state index contributed by atoms with van der Waals surface area (Å²) >= 11 is 0. The Kier molecular flexibility index (Phi) is 5.60. The lowest BCUT2D eigenvalue weighted by atomic mass is 9.99. The maximum atomic E-state index is 12.3. The van der Waals surface area contributed by atoms with E-state index >= 15 is 0 Å². The minimum Gasteiger partial charge on any atom is -0.381 e. The van der Waals surface area contributed by atoms with Gasteiger partial charge in [0.05, 0.1) is 23.8 Å². The number of ether oxygens (including phenoxy) is 1. The summed E-state index contributed by atoms with van der Waals surface area (Å²) in [6, 6.07) is 7.18. The first-order chi connectivity index (χ1) is 12.8. The van der Waals surface area contributed by atoms with E-state index in [1.54, 1.807) is 29.2 Å². The highest BCUT2D eigenvalue weighted by molar-refractivity contribution is 5.95. The van der Waals surface area contributed by atoms with Crippen LogP contribution in [0.1, 0.15) is 44.0 Å². The van der Waals surface area contributed by atoms with Crippen molar-refractivity contribution in [3.05, 3.63) is 42.2 Å². The standard InChI is InChI=1S/C20H26N4O3/c1-20(2,3)23-19(26)14-4-6-17(7-5-14)24-13-16(12-21-24)22-18(25)15-8-10-27-11-9-15/h4-7,12-13,15H,8-11H2,1-3H3,(H,22,25)(H,23,26). The third kappa shape index (κ3) is 5.17. The van der Waals surface area contributed by atoms with E-state index in [-0.39, 0.29) is 23.3 Å². The SMILES string of the molecule is CC(C)(C)NC(=O)c1ccc(-n2cc(NC(=O)C3CCOCC3)cn2)cc1. The van der Waals surface area contributed by atoms with E-state index in [0.717, 1.165) is 18.5 Å². The lowest BCUT2D eigenvalue weighted by molar-refractivity contribution is -0.122. The van der Waals surface area contributed by atoms with Gasteiger partial charge in [-0.1, -0.05) is 0 Å². The van der Waals surface area contributed by atoms with Crippen molar-refractivity contribution in [3.8, 4) is 5.69 Å². The van der Waals surface area contributed by atoms with Gasteiger partial charge in [0, 0.05) is 30.2 Å². The van der Waals surface area contributed by atoms with Crippen molar-refractivity contribution in [2.75, 3.05) is 18.5 Å². The highest BCUT2D eigenvalue weighted by atomic mass is 16.5. The van der Waals surface area contributed by atoms with Crippen LogP contribution in [0.3, 0.4) is 0 Å². The topological polar surface area (TPSA) is 85.2 Å². The average molecular weight is 370 g/mol. The molecule has 144 valence electrons. The van der Waals surface area contributed by atoms with Gasteiger partial charge in [-0.25, -0.2) is 4.68 Å². The zero-order chi connectivity index (χ0) is 19.4. The van der Waals surface area contributed by atoms with Crippen LogP contribution in [0.5, 0.6) is 0 Å². The normalized spacial score (nSPS) is 15.4. The highest BCUT2D eigenvalue weighted by Gasteiger charge is 2.22. The van der Waals surface area contributed by atoms with E-state index in [2.05, 4.69) is 15.7 Å². The molecule has 1 aromatic heterocycles. The largest absolute Gasteiger partial charge is 0.381 e. The molecular formula is C20H26N4O3. The lowest BCUT2D eigenvalue weighted by Gasteiger charge is -2.20. The summed E-state index contributed by atoms with van der Waals surface area (Å²) in [4.78, 5) is 24.5. The van der Waals surface area contributed by atoms with Gasteiger partial charge in [-0.05, 0) is 57.9 Å². The van der Waals surface area contributed by atoms with Crippen molar-refractivity contribution >= 4 is 17.5 Å². The number of anilines is 1. The van der Waals surface area contributed by atoms with E-state index < -0.39 is 0 Å². The fourth-order valence-corrected chi connectivity index (χ4v) is 2.91. The Labute approximate surface area is 159 Å². The number of carbonyl (C=O) groups excluding carboxylic acids is 2. The Morgan fingerprint density at radius 3 is 2.44 bits per heavy atom. The molecule has 0 unspecified atom stereocenters. The molecule has 0 radical (unpaired) electrons. The van der Waals surface area contributed by atoms with Crippen LogP contribution in [-0.4, -0.2) is 40.3 Å². The molecule has 3 rings (SSSR count). The van der Waals surface area contributed by atoms with Crippen molar-refractivity contribution in [3.63, 3.8) is 0 Å². The second kappa shape index (κ2) is 7.92. The quantitative estimate of drug-likeness (QED) is 0.867. The summed E-state index contributed by atoms with van der Waals surface area (Å²) in [7, 11) is 0. The number of aromatic nitrogens is 2. The summed E-state index contributed by atoms with van der Waals surface area (Å²) in [5.74, 6) is -0.117. The van der Waals surface area contributed by atoms with E-state index in [1.807, 2.05) is 32.9 Å². The number of rotatable bonds is 4. The number of nitrogens with zero attached hydrogens (tertiary/aromatic N) is 2. The van der Waals surface area contributed by atoms with Gasteiger partial charge in [0.2, 0.25) is 5.91 Å². The van der Waals surface area contributed by atoms with Gasteiger partial charge in [-0.15, -0.1) is 0 Å². The Morgan fingerprint density at radius 1 is 1.15 bits per heavy atom. The summed E-state index contributed by atoms with van der Waals surface area (Å²) in [6.45, 7) is 7.09. The van der Waals surface area contributed by atoms with Crippen molar-refractivity contribution < 1.29 is 14.3 Å². The number of amides is 2. The van der Waals surface area contributed by atoms with Gasteiger partial charge in [0.25, 0.3) is 5.91 Å². The van der Waals surface area contributed by atoms with Crippen molar-refractivity contribution in [1.82, 2.24) is 15.1 Å². The number of carbonyl (C=O) groups is 2. The Morgan fingerprint density at radius 2 is 1.81 bits per heavy atom. The minimum atomic E-state index is -0.282. The fourth-order valence-electron chi connectivity index (χ4n) is 2.91. The Hall–Kier alpha value is -2.67. The molecule has 1 aliphatic rings. The molecule has 2 aromatic rings. The molecule has 1 aromatic carbocycles. The van der Waals surface area contributed by atoms with Crippen molar-refractivity contribution in [2.45, 2.75) is 39.2 Å². The molecule has 1 fully saturated rings. The van der Waals surface area contributed by atoms with Gasteiger partial charge < -0.3 is 15.4 Å². The van der Waals surface area contributed by atoms with Crippen LogP contribution in [0.25, 0.3) is 5.69 Å². The second-order valence-corrected chi connectivity index (χ2v) is 7.80. The number of nitrogens with one attached hydrogen (secondary N) is 2. The maximum absolute atomic E-state index is 12.3. The van der Waals surface area contributed by atoms with Crippen LogP contribution < -0.4 is 10.6 Å². The zero-order valence-electron chi connectivity index (χ0n) is 16.0. The summed E-state index contributed by atoms with van der Waals surface area (Å²) in [5, 5.41) is 10.1. The molecule has 2 amide bonds. The van der Waals surface area contributed by atoms with Crippen LogP contribution in [0.15, 0.2) is 36.7 Å². The predicted octanol–water partition coefficient (Wildman–Crippen LogP) is 2.77. The van der Waals surface area contributed by atoms with Crippen molar-refractivity contribution in [1.29, 1.82) is 0 Å². The third-order valence-electron chi connectivity index (χ3n) is 4.32. The fraction of sp³-hybridized carbons (Fsp3) is 0.450. The molecule has 0 bridgehead atoms. The first-order valence-electron chi connectivity index (χ1n) is 9.18. The predicted molar refractivity (Wildman–Crippen MR) is 103 cm³/mol. The third-order valence-corrected chi connectivity index (χ3v) is 4.32. The zero-order valence-corrected chi connectivity index (χ0v) is 16.0. The van der Waals surface area contributed by atoms with Crippen LogP contribution in [0.2, 0.25) is 0 Å². The lowest BCUT2D eigenvalue weighted by Crippen LogP contribution is -2.40. The number of hydrogen-bond donors (Lipinski definition) is 2. The van der Waals surface area contributed by atoms with Gasteiger partial charge in [-0.2, -0.15) is 5.10 Å². The van der Waals surface area contributed by atoms with Gasteiger partial charge in [0.15, 0.2) is 0 Å². The number of hydrogen-bond acceptors (Lipinski definition) is 4.